The minimum atomic E-state index is -4.47. The SMILES string of the molecule is NC1(C(=O)c2cccc(C(F)(F)F)c2)CCOC1. The van der Waals surface area contributed by atoms with Gasteiger partial charge in [0, 0.05) is 12.2 Å². The van der Waals surface area contributed by atoms with E-state index in [9.17, 15) is 18.0 Å². The Kier molecular flexibility index (Phi) is 3.16. The standard InChI is InChI=1S/C12H12F3NO2/c13-12(14,15)9-3-1-2-8(6-9)10(17)11(16)4-5-18-7-11/h1-3,6H,4-5,7,16H2. The summed E-state index contributed by atoms with van der Waals surface area (Å²) in [6.45, 7) is 0.392. The van der Waals surface area contributed by atoms with Crippen molar-refractivity contribution in [1.29, 1.82) is 0 Å². The van der Waals surface area contributed by atoms with Gasteiger partial charge in [-0.25, -0.2) is 0 Å². The molecule has 0 saturated carbocycles. The zero-order valence-corrected chi connectivity index (χ0v) is 9.46. The number of benzene rings is 1. The molecule has 2 rings (SSSR count). The fraction of sp³-hybridized carbons (Fsp3) is 0.417. The molecular formula is C12H12F3NO2. The molecule has 18 heavy (non-hydrogen) atoms. The van der Waals surface area contributed by atoms with Crippen molar-refractivity contribution < 1.29 is 22.7 Å². The van der Waals surface area contributed by atoms with Gasteiger partial charge in [0.1, 0.15) is 5.54 Å². The number of Topliss-reactive ketones (excluding diaryl/α,β-unsaturated/α-hetero) is 1. The number of alkyl halides is 3. The highest BCUT2D eigenvalue weighted by Gasteiger charge is 2.39. The average Bonchev–Trinajstić information content (AvgIpc) is 2.75. The van der Waals surface area contributed by atoms with E-state index in [2.05, 4.69) is 0 Å². The quantitative estimate of drug-likeness (QED) is 0.826. The Balaban J connectivity index is 2.31. The van der Waals surface area contributed by atoms with Crippen molar-refractivity contribution in [3.8, 4) is 0 Å². The zero-order valence-electron chi connectivity index (χ0n) is 9.46. The van der Waals surface area contributed by atoms with Crippen LogP contribution in [0, 0.1) is 0 Å². The van der Waals surface area contributed by atoms with E-state index in [1.54, 1.807) is 0 Å². The van der Waals surface area contributed by atoms with Gasteiger partial charge in [0.15, 0.2) is 5.78 Å². The van der Waals surface area contributed by atoms with Crippen molar-refractivity contribution in [2.24, 2.45) is 5.73 Å². The van der Waals surface area contributed by atoms with Crippen LogP contribution in [0.15, 0.2) is 24.3 Å². The second-order valence-corrected chi connectivity index (χ2v) is 4.37. The van der Waals surface area contributed by atoms with Crippen molar-refractivity contribution >= 4 is 5.78 Å². The molecule has 0 aliphatic carbocycles. The molecular weight excluding hydrogens is 247 g/mol. The van der Waals surface area contributed by atoms with Crippen LogP contribution in [0.2, 0.25) is 0 Å². The summed E-state index contributed by atoms with van der Waals surface area (Å²) in [5.74, 6) is -0.508. The van der Waals surface area contributed by atoms with Crippen LogP contribution in [0.4, 0.5) is 13.2 Å². The van der Waals surface area contributed by atoms with Crippen molar-refractivity contribution in [2.45, 2.75) is 18.1 Å². The highest BCUT2D eigenvalue weighted by Crippen LogP contribution is 2.30. The van der Waals surface area contributed by atoms with E-state index in [0.717, 1.165) is 12.1 Å². The van der Waals surface area contributed by atoms with Crippen LogP contribution in [0.5, 0.6) is 0 Å². The van der Waals surface area contributed by atoms with Crippen LogP contribution in [0.25, 0.3) is 0 Å². The molecule has 1 aliphatic rings. The molecule has 0 aromatic heterocycles. The summed E-state index contributed by atoms with van der Waals surface area (Å²) >= 11 is 0. The predicted octanol–water partition coefficient (Wildman–Crippen LogP) is 2.01. The summed E-state index contributed by atoms with van der Waals surface area (Å²) < 4.78 is 42.6. The van der Waals surface area contributed by atoms with Crippen LogP contribution in [0.1, 0.15) is 22.3 Å². The van der Waals surface area contributed by atoms with E-state index < -0.39 is 23.1 Å². The number of rotatable bonds is 2. The first-order valence-corrected chi connectivity index (χ1v) is 5.42. The van der Waals surface area contributed by atoms with Crippen molar-refractivity contribution in [1.82, 2.24) is 0 Å². The summed E-state index contributed by atoms with van der Waals surface area (Å²) in [6, 6.07) is 4.29. The number of carbonyl (C=O) groups excluding carboxylic acids is 1. The van der Waals surface area contributed by atoms with Crippen LogP contribution in [-0.2, 0) is 10.9 Å². The first kappa shape index (κ1) is 13.0. The third-order valence-corrected chi connectivity index (χ3v) is 2.96. The van der Waals surface area contributed by atoms with Crippen LogP contribution >= 0.6 is 0 Å². The Morgan fingerprint density at radius 2 is 2.11 bits per heavy atom. The molecule has 2 N–H and O–H groups in total. The Bertz CT molecular complexity index is 465. The first-order valence-electron chi connectivity index (χ1n) is 5.42. The van der Waals surface area contributed by atoms with E-state index >= 15 is 0 Å². The van der Waals surface area contributed by atoms with E-state index in [0.29, 0.717) is 13.0 Å². The van der Waals surface area contributed by atoms with Gasteiger partial charge in [-0.3, -0.25) is 4.79 Å². The molecule has 0 radical (unpaired) electrons. The fourth-order valence-corrected chi connectivity index (χ4v) is 1.88. The van der Waals surface area contributed by atoms with E-state index in [-0.39, 0.29) is 12.2 Å². The van der Waals surface area contributed by atoms with Crippen molar-refractivity contribution in [3.05, 3.63) is 35.4 Å². The zero-order chi connectivity index (χ0) is 13.4. The second kappa shape index (κ2) is 4.37. The molecule has 1 atom stereocenters. The van der Waals surface area contributed by atoms with E-state index in [1.165, 1.54) is 12.1 Å². The molecule has 0 bridgehead atoms. The van der Waals surface area contributed by atoms with Crippen LogP contribution in [0.3, 0.4) is 0 Å². The van der Waals surface area contributed by atoms with Gasteiger partial charge in [0.05, 0.1) is 12.2 Å². The van der Waals surface area contributed by atoms with E-state index in [1.807, 2.05) is 0 Å². The number of hydrogen-bond acceptors (Lipinski definition) is 3. The maximum absolute atomic E-state index is 12.5. The lowest BCUT2D eigenvalue weighted by Crippen LogP contribution is -2.48. The number of ether oxygens (including phenoxy) is 1. The fourth-order valence-electron chi connectivity index (χ4n) is 1.88. The highest BCUT2D eigenvalue weighted by atomic mass is 19.4. The summed E-state index contributed by atoms with van der Waals surface area (Å²) in [4.78, 5) is 12.1. The van der Waals surface area contributed by atoms with Gasteiger partial charge < -0.3 is 10.5 Å². The molecule has 1 aromatic carbocycles. The van der Waals surface area contributed by atoms with Gasteiger partial charge >= 0.3 is 6.18 Å². The molecule has 6 heteroatoms. The molecule has 1 saturated heterocycles. The third kappa shape index (κ3) is 2.39. The minimum Gasteiger partial charge on any atom is -0.379 e. The number of ketones is 1. The average molecular weight is 259 g/mol. The van der Waals surface area contributed by atoms with Gasteiger partial charge in [0.25, 0.3) is 0 Å². The number of carbonyl (C=O) groups is 1. The summed E-state index contributed by atoms with van der Waals surface area (Å²) in [7, 11) is 0. The molecule has 1 fully saturated rings. The normalized spacial score (nSPS) is 24.2. The first-order chi connectivity index (χ1) is 8.33. The Hall–Kier alpha value is -1.40. The lowest BCUT2D eigenvalue weighted by Gasteiger charge is -2.20. The van der Waals surface area contributed by atoms with E-state index in [4.69, 9.17) is 10.5 Å². The van der Waals surface area contributed by atoms with Gasteiger partial charge in [-0.15, -0.1) is 0 Å². The maximum Gasteiger partial charge on any atom is 0.416 e. The highest BCUT2D eigenvalue weighted by molar-refractivity contribution is 6.03. The molecule has 98 valence electrons. The summed E-state index contributed by atoms with van der Waals surface area (Å²) in [5, 5.41) is 0. The van der Waals surface area contributed by atoms with Gasteiger partial charge in [-0.05, 0) is 18.6 Å². The molecule has 1 unspecified atom stereocenters. The van der Waals surface area contributed by atoms with Gasteiger partial charge in [0.2, 0.25) is 0 Å². The van der Waals surface area contributed by atoms with Crippen LogP contribution < -0.4 is 5.73 Å². The Morgan fingerprint density at radius 3 is 2.67 bits per heavy atom. The minimum absolute atomic E-state index is 0.0298. The lowest BCUT2D eigenvalue weighted by atomic mass is 9.89. The molecule has 1 heterocycles. The number of hydrogen-bond donors (Lipinski definition) is 1. The number of halogens is 3. The smallest absolute Gasteiger partial charge is 0.379 e. The molecule has 0 amide bonds. The lowest BCUT2D eigenvalue weighted by molar-refractivity contribution is -0.137. The molecule has 0 spiro atoms. The monoisotopic (exact) mass is 259 g/mol. The van der Waals surface area contributed by atoms with Crippen LogP contribution in [-0.4, -0.2) is 24.5 Å². The van der Waals surface area contributed by atoms with Gasteiger partial charge in [-0.2, -0.15) is 13.2 Å². The molecule has 1 aliphatic heterocycles. The molecule has 1 aromatic rings. The topological polar surface area (TPSA) is 52.3 Å². The maximum atomic E-state index is 12.5. The third-order valence-electron chi connectivity index (χ3n) is 2.96. The predicted molar refractivity (Wildman–Crippen MR) is 58.1 cm³/mol. The van der Waals surface area contributed by atoms with Crippen molar-refractivity contribution in [3.63, 3.8) is 0 Å². The second-order valence-electron chi connectivity index (χ2n) is 4.37. The largest absolute Gasteiger partial charge is 0.416 e. The Morgan fingerprint density at radius 1 is 1.39 bits per heavy atom. The molecule has 3 nitrogen and oxygen atoms in total. The summed E-state index contributed by atoms with van der Waals surface area (Å²) in [5.41, 5.74) is 3.75. The number of nitrogens with two attached hydrogens (primary N) is 1. The van der Waals surface area contributed by atoms with Crippen molar-refractivity contribution in [2.75, 3.05) is 13.2 Å². The van der Waals surface area contributed by atoms with Gasteiger partial charge in [-0.1, -0.05) is 12.1 Å². The summed E-state index contributed by atoms with van der Waals surface area (Å²) in [6.07, 6.45) is -4.15. The Labute approximate surface area is 102 Å².